The number of likely N-dealkylation sites (N-methyl/N-ethyl adjacent to an activating group) is 1. The molecule has 1 heterocycles. The zero-order chi connectivity index (χ0) is 19.1. The number of rotatable bonds is 8. The summed E-state index contributed by atoms with van der Waals surface area (Å²) >= 11 is 1.69. The Labute approximate surface area is 165 Å². The molecule has 0 saturated carbocycles. The van der Waals surface area contributed by atoms with Gasteiger partial charge in [-0.2, -0.15) is 11.3 Å². The van der Waals surface area contributed by atoms with Gasteiger partial charge in [0.05, 0.1) is 6.04 Å². The highest BCUT2D eigenvalue weighted by Gasteiger charge is 2.20. The fourth-order valence-corrected chi connectivity index (χ4v) is 4.04. The van der Waals surface area contributed by atoms with E-state index in [1.807, 2.05) is 50.5 Å². The second kappa shape index (κ2) is 9.49. The van der Waals surface area contributed by atoms with Crippen molar-refractivity contribution in [1.29, 1.82) is 0 Å². The van der Waals surface area contributed by atoms with Crippen LogP contribution >= 0.6 is 11.3 Å². The third-order valence-corrected chi connectivity index (χ3v) is 5.54. The lowest BCUT2D eigenvalue weighted by atomic mass is 9.88. The van der Waals surface area contributed by atoms with Crippen LogP contribution in [0, 0.1) is 0 Å². The van der Waals surface area contributed by atoms with E-state index in [2.05, 4.69) is 51.3 Å². The molecule has 3 rings (SSSR count). The number of carbonyl (C=O) groups excluding carboxylic acids is 1. The van der Waals surface area contributed by atoms with Gasteiger partial charge in [-0.05, 0) is 47.6 Å². The average molecular weight is 379 g/mol. The molecule has 0 aliphatic heterocycles. The molecule has 0 aliphatic rings. The van der Waals surface area contributed by atoms with Crippen LogP contribution in [0.2, 0.25) is 0 Å². The van der Waals surface area contributed by atoms with Gasteiger partial charge in [-0.1, -0.05) is 60.7 Å². The fourth-order valence-electron chi connectivity index (χ4n) is 3.33. The molecule has 3 aromatic rings. The molecule has 3 nitrogen and oxygen atoms in total. The van der Waals surface area contributed by atoms with E-state index < -0.39 is 0 Å². The molecule has 1 atom stereocenters. The summed E-state index contributed by atoms with van der Waals surface area (Å²) in [6.45, 7) is 0.610. The van der Waals surface area contributed by atoms with E-state index in [-0.39, 0.29) is 17.9 Å². The highest BCUT2D eigenvalue weighted by molar-refractivity contribution is 7.07. The lowest BCUT2D eigenvalue weighted by Crippen LogP contribution is -2.35. The maximum atomic E-state index is 12.8. The van der Waals surface area contributed by atoms with Crippen LogP contribution in [-0.2, 0) is 4.79 Å². The second-order valence-corrected chi connectivity index (χ2v) is 7.70. The van der Waals surface area contributed by atoms with Crippen molar-refractivity contribution in [3.8, 4) is 0 Å². The number of hydrogen-bond acceptors (Lipinski definition) is 3. The monoisotopic (exact) mass is 378 g/mol. The van der Waals surface area contributed by atoms with E-state index in [4.69, 9.17) is 0 Å². The topological polar surface area (TPSA) is 32.3 Å². The smallest absolute Gasteiger partial charge is 0.221 e. The lowest BCUT2D eigenvalue weighted by Gasteiger charge is -2.25. The van der Waals surface area contributed by atoms with Crippen molar-refractivity contribution in [1.82, 2.24) is 10.2 Å². The molecule has 1 amide bonds. The standard InChI is InChI=1S/C23H26N2OS/c1-25(2)22(20-13-14-27-17-20)16-24-23(26)15-21(18-9-5-3-6-10-18)19-11-7-4-8-12-19/h3-14,17,21-22H,15-16H2,1-2H3,(H,24,26)/t22-/m1/s1. The first-order chi connectivity index (χ1) is 13.1. The molecule has 0 aliphatic carbocycles. The molecule has 27 heavy (non-hydrogen) atoms. The maximum Gasteiger partial charge on any atom is 0.221 e. The van der Waals surface area contributed by atoms with E-state index in [1.165, 1.54) is 16.7 Å². The predicted molar refractivity (Wildman–Crippen MR) is 113 cm³/mol. The van der Waals surface area contributed by atoms with Crippen LogP contribution in [-0.4, -0.2) is 31.4 Å². The normalized spacial score (nSPS) is 12.3. The van der Waals surface area contributed by atoms with Crippen molar-refractivity contribution in [3.63, 3.8) is 0 Å². The van der Waals surface area contributed by atoms with E-state index in [0.29, 0.717) is 13.0 Å². The van der Waals surface area contributed by atoms with Crippen LogP contribution < -0.4 is 5.32 Å². The number of nitrogens with zero attached hydrogens (tertiary/aromatic N) is 1. The Morgan fingerprint density at radius 1 is 0.926 bits per heavy atom. The fraction of sp³-hybridized carbons (Fsp3) is 0.261. The van der Waals surface area contributed by atoms with Gasteiger partial charge in [0.2, 0.25) is 5.91 Å². The summed E-state index contributed by atoms with van der Waals surface area (Å²) in [6, 6.07) is 22.8. The van der Waals surface area contributed by atoms with Gasteiger partial charge in [-0.3, -0.25) is 4.79 Å². The van der Waals surface area contributed by atoms with E-state index in [1.54, 1.807) is 11.3 Å². The van der Waals surface area contributed by atoms with E-state index >= 15 is 0 Å². The Kier molecular flexibility index (Phi) is 6.80. The lowest BCUT2D eigenvalue weighted by molar-refractivity contribution is -0.121. The second-order valence-electron chi connectivity index (χ2n) is 6.92. The van der Waals surface area contributed by atoms with Gasteiger partial charge >= 0.3 is 0 Å². The molecule has 0 spiro atoms. The van der Waals surface area contributed by atoms with Crippen molar-refractivity contribution in [2.75, 3.05) is 20.6 Å². The average Bonchev–Trinajstić information content (AvgIpc) is 3.22. The van der Waals surface area contributed by atoms with Crippen molar-refractivity contribution in [2.45, 2.75) is 18.4 Å². The zero-order valence-electron chi connectivity index (χ0n) is 15.8. The molecule has 1 aromatic heterocycles. The highest BCUT2D eigenvalue weighted by Crippen LogP contribution is 2.28. The molecular formula is C23H26N2OS. The first kappa shape index (κ1) is 19.3. The summed E-state index contributed by atoms with van der Waals surface area (Å²) in [4.78, 5) is 14.9. The maximum absolute atomic E-state index is 12.8. The van der Waals surface area contributed by atoms with Crippen LogP contribution in [0.4, 0.5) is 0 Å². The summed E-state index contributed by atoms with van der Waals surface area (Å²) < 4.78 is 0. The number of nitrogens with one attached hydrogen (secondary N) is 1. The Morgan fingerprint density at radius 3 is 2.00 bits per heavy atom. The molecule has 4 heteroatoms. The van der Waals surface area contributed by atoms with Crippen molar-refractivity contribution < 1.29 is 4.79 Å². The molecule has 0 radical (unpaired) electrons. The first-order valence-corrected chi connectivity index (χ1v) is 10.1. The van der Waals surface area contributed by atoms with Crippen molar-refractivity contribution >= 4 is 17.2 Å². The van der Waals surface area contributed by atoms with Gasteiger partial charge in [-0.15, -0.1) is 0 Å². The van der Waals surface area contributed by atoms with Crippen LogP contribution in [0.5, 0.6) is 0 Å². The molecular weight excluding hydrogens is 352 g/mol. The number of thiophene rings is 1. The van der Waals surface area contributed by atoms with Crippen LogP contribution in [0.3, 0.4) is 0 Å². The SMILES string of the molecule is CN(C)[C@H](CNC(=O)CC(c1ccccc1)c1ccccc1)c1ccsc1. The number of hydrogen-bond donors (Lipinski definition) is 1. The largest absolute Gasteiger partial charge is 0.354 e. The first-order valence-electron chi connectivity index (χ1n) is 9.20. The summed E-state index contributed by atoms with van der Waals surface area (Å²) in [5.74, 6) is 0.140. The van der Waals surface area contributed by atoms with Gasteiger partial charge in [0.25, 0.3) is 0 Å². The Hall–Kier alpha value is -2.43. The molecule has 0 saturated heterocycles. The molecule has 0 bridgehead atoms. The minimum absolute atomic E-state index is 0.0614. The van der Waals surface area contributed by atoms with Gasteiger partial charge in [-0.25, -0.2) is 0 Å². The molecule has 0 unspecified atom stereocenters. The third kappa shape index (κ3) is 5.28. The van der Waals surface area contributed by atoms with Crippen molar-refractivity contribution in [2.24, 2.45) is 0 Å². The summed E-state index contributed by atoms with van der Waals surface area (Å²) in [6.07, 6.45) is 0.442. The molecule has 1 N–H and O–H groups in total. The Balaban J connectivity index is 1.69. The van der Waals surface area contributed by atoms with Gasteiger partial charge < -0.3 is 10.2 Å². The van der Waals surface area contributed by atoms with Crippen LogP contribution in [0.1, 0.15) is 35.1 Å². The Bertz CT molecular complexity index is 777. The number of amides is 1. The Morgan fingerprint density at radius 2 is 1.52 bits per heavy atom. The summed E-state index contributed by atoms with van der Waals surface area (Å²) in [5.41, 5.74) is 3.58. The molecule has 140 valence electrons. The van der Waals surface area contributed by atoms with Gasteiger partial charge in [0.15, 0.2) is 0 Å². The third-order valence-electron chi connectivity index (χ3n) is 4.84. The summed E-state index contributed by atoms with van der Waals surface area (Å²) in [7, 11) is 4.09. The minimum Gasteiger partial charge on any atom is -0.354 e. The minimum atomic E-state index is 0.0614. The van der Waals surface area contributed by atoms with Gasteiger partial charge in [0.1, 0.15) is 0 Å². The predicted octanol–water partition coefficient (Wildman–Crippen LogP) is 4.69. The van der Waals surface area contributed by atoms with E-state index in [0.717, 1.165) is 0 Å². The van der Waals surface area contributed by atoms with E-state index in [9.17, 15) is 4.79 Å². The summed E-state index contributed by atoms with van der Waals surface area (Å²) in [5, 5.41) is 7.37. The van der Waals surface area contributed by atoms with Crippen LogP contribution in [0.25, 0.3) is 0 Å². The van der Waals surface area contributed by atoms with Crippen LogP contribution in [0.15, 0.2) is 77.5 Å². The molecule has 0 fully saturated rings. The van der Waals surface area contributed by atoms with Crippen molar-refractivity contribution in [3.05, 3.63) is 94.2 Å². The highest BCUT2D eigenvalue weighted by atomic mass is 32.1. The number of benzene rings is 2. The quantitative estimate of drug-likeness (QED) is 0.617. The van der Waals surface area contributed by atoms with Gasteiger partial charge in [0, 0.05) is 18.9 Å². The molecule has 2 aromatic carbocycles. The number of carbonyl (C=O) groups is 1. The zero-order valence-corrected chi connectivity index (χ0v) is 16.7.